The van der Waals surface area contributed by atoms with Crippen molar-refractivity contribution in [1.29, 1.82) is 0 Å². The van der Waals surface area contributed by atoms with Crippen molar-refractivity contribution in [3.63, 3.8) is 0 Å². The number of rotatable bonds is 10. The largest absolute Gasteiger partial charge is 0.481 e. The van der Waals surface area contributed by atoms with Crippen LogP contribution in [-0.2, 0) is 16.2 Å². The van der Waals surface area contributed by atoms with Crippen molar-refractivity contribution in [3.8, 4) is 57.4 Å². The molecule has 0 saturated carbocycles. The van der Waals surface area contributed by atoms with E-state index in [9.17, 15) is 0 Å². The fourth-order valence-electron chi connectivity index (χ4n) is 13.4. The maximum atomic E-state index is 6.02. The zero-order chi connectivity index (χ0) is 53.3. The highest BCUT2D eigenvalue weighted by Gasteiger charge is 2.48. The SMILES string of the molecule is CC#CCOc1ccc2cc(C3(c4ccc(C(C)(C)c5ccc(C6(c7ccc8cc(OCC#CC)ccc8c7)c7ccccc7-c7cc8ccccc8cc76)cc5)cc4)c4ccccc4-c4cc5ccccc5cc43)ccc2c1. The second kappa shape index (κ2) is 18.8. The number of fused-ring (bicyclic) bond motifs is 10. The molecule has 0 saturated heterocycles. The molecule has 0 N–H and O–H groups in total. The van der Waals surface area contributed by atoms with Crippen LogP contribution in [0, 0.1) is 23.7 Å². The third-order valence-corrected chi connectivity index (χ3v) is 17.4. The Hall–Kier alpha value is -9.60. The molecule has 2 atom stereocenters. The first-order chi connectivity index (χ1) is 38.8. The quantitative estimate of drug-likeness (QED) is 0.127. The molecule has 2 unspecified atom stereocenters. The Balaban J connectivity index is 0.893. The maximum absolute atomic E-state index is 6.02. The lowest BCUT2D eigenvalue weighted by Crippen LogP contribution is -2.29. The zero-order valence-corrected chi connectivity index (χ0v) is 44.8. The van der Waals surface area contributed by atoms with Crippen molar-refractivity contribution in [2.24, 2.45) is 0 Å². The lowest BCUT2D eigenvalue weighted by molar-refractivity contribution is 0.370. The number of benzene rings is 12. The Labute approximate surface area is 463 Å². The second-order valence-electron chi connectivity index (χ2n) is 21.7. The van der Waals surface area contributed by atoms with Crippen LogP contribution in [0.3, 0.4) is 0 Å². The molecule has 2 nitrogen and oxygen atoms in total. The summed E-state index contributed by atoms with van der Waals surface area (Å²) in [7, 11) is 0. The van der Waals surface area contributed by atoms with Gasteiger partial charge in [0.1, 0.15) is 24.7 Å². The molecule has 79 heavy (non-hydrogen) atoms. The van der Waals surface area contributed by atoms with Crippen LogP contribution in [0.1, 0.15) is 83.3 Å². The molecule has 0 amide bonds. The average molecular weight is 1010 g/mol. The lowest BCUT2D eigenvalue weighted by Gasteiger charge is -2.36. The molecule has 0 bridgehead atoms. The Bertz CT molecular complexity index is 4260. The van der Waals surface area contributed by atoms with Gasteiger partial charge in [0.2, 0.25) is 0 Å². The molecule has 376 valence electrons. The highest BCUT2D eigenvalue weighted by molar-refractivity contribution is 5.99. The van der Waals surface area contributed by atoms with Crippen LogP contribution in [0.2, 0.25) is 0 Å². The summed E-state index contributed by atoms with van der Waals surface area (Å²) in [4.78, 5) is 0. The molecular formula is C77H56O2. The smallest absolute Gasteiger partial charge is 0.149 e. The van der Waals surface area contributed by atoms with E-state index in [1.165, 1.54) is 99.4 Å². The van der Waals surface area contributed by atoms with Gasteiger partial charge in [0.15, 0.2) is 0 Å². The summed E-state index contributed by atoms with van der Waals surface area (Å²) in [5.41, 5.74) is 16.2. The third kappa shape index (κ3) is 7.51. The fraction of sp³-hybridized carbons (Fsp3) is 0.117. The minimum Gasteiger partial charge on any atom is -0.481 e. The van der Waals surface area contributed by atoms with E-state index in [2.05, 4.69) is 280 Å². The van der Waals surface area contributed by atoms with Gasteiger partial charge in [-0.1, -0.05) is 208 Å². The minimum absolute atomic E-state index is 0.336. The van der Waals surface area contributed by atoms with E-state index in [-0.39, 0.29) is 5.41 Å². The molecule has 12 aromatic carbocycles. The molecular weight excluding hydrogens is 957 g/mol. The van der Waals surface area contributed by atoms with Crippen molar-refractivity contribution < 1.29 is 9.47 Å². The Morgan fingerprint density at radius 1 is 0.316 bits per heavy atom. The summed E-state index contributed by atoms with van der Waals surface area (Å²) < 4.78 is 12.0. The predicted octanol–water partition coefficient (Wildman–Crippen LogP) is 18.2. The van der Waals surface area contributed by atoms with E-state index in [1.807, 2.05) is 13.8 Å². The summed E-state index contributed by atoms with van der Waals surface area (Å²) in [6, 6.07) is 91.3. The molecule has 14 rings (SSSR count). The number of hydrogen-bond acceptors (Lipinski definition) is 2. The van der Waals surface area contributed by atoms with E-state index in [1.54, 1.807) is 0 Å². The van der Waals surface area contributed by atoms with E-state index in [0.29, 0.717) is 13.2 Å². The first-order valence-electron chi connectivity index (χ1n) is 27.4. The number of ether oxygens (including phenoxy) is 2. The summed E-state index contributed by atoms with van der Waals surface area (Å²) >= 11 is 0. The third-order valence-electron chi connectivity index (χ3n) is 17.4. The molecule has 0 radical (unpaired) electrons. The molecule has 0 heterocycles. The van der Waals surface area contributed by atoms with Crippen molar-refractivity contribution >= 4 is 43.1 Å². The van der Waals surface area contributed by atoms with Crippen molar-refractivity contribution in [2.45, 2.75) is 43.9 Å². The normalized spacial score (nSPS) is 15.8. The number of hydrogen-bond donors (Lipinski definition) is 0. The molecule has 0 aromatic heterocycles. The highest BCUT2D eigenvalue weighted by Crippen LogP contribution is 2.59. The Kier molecular flexibility index (Phi) is 11.4. The van der Waals surface area contributed by atoms with Crippen LogP contribution in [-0.4, -0.2) is 13.2 Å². The molecule has 2 aliphatic carbocycles. The van der Waals surface area contributed by atoms with Gasteiger partial charge in [-0.3, -0.25) is 0 Å². The van der Waals surface area contributed by atoms with E-state index < -0.39 is 10.8 Å². The molecule has 12 aromatic rings. The van der Waals surface area contributed by atoms with Gasteiger partial charge in [-0.15, -0.1) is 11.8 Å². The van der Waals surface area contributed by atoms with Crippen LogP contribution >= 0.6 is 0 Å². The predicted molar refractivity (Wildman–Crippen MR) is 328 cm³/mol. The topological polar surface area (TPSA) is 18.5 Å². The van der Waals surface area contributed by atoms with Gasteiger partial charge in [-0.25, -0.2) is 0 Å². The fourth-order valence-corrected chi connectivity index (χ4v) is 13.4. The standard InChI is InChI=1S/C77H56O2/c1-5-7-41-78-65-39-27-55-43-63(29-25-57(55)45-65)76(71-23-15-13-21-67(71)69-47-51-17-9-11-19-53(51)49-73(69)76)61-35-31-59(32-36-61)75(3,4)60-33-37-62(38-34-60)77(64-30-26-58-46-66(79-42-8-6-2)40-28-56(58)44-64)72-24-16-14-22-68(72)70-48-52-18-10-12-20-54(52)50-74(70)77/h9-40,43-50H,41-42H2,1-4H3. The van der Waals surface area contributed by atoms with Crippen LogP contribution in [0.25, 0.3) is 65.3 Å². The molecule has 0 spiro atoms. The van der Waals surface area contributed by atoms with Crippen LogP contribution in [0.5, 0.6) is 11.5 Å². The van der Waals surface area contributed by atoms with Gasteiger partial charge < -0.3 is 9.47 Å². The van der Waals surface area contributed by atoms with Gasteiger partial charge in [0, 0.05) is 5.41 Å². The van der Waals surface area contributed by atoms with Crippen LogP contribution in [0.4, 0.5) is 0 Å². The van der Waals surface area contributed by atoms with E-state index in [4.69, 9.17) is 9.47 Å². The second-order valence-corrected chi connectivity index (χ2v) is 21.7. The molecule has 2 heteroatoms. The van der Waals surface area contributed by atoms with Crippen molar-refractivity contribution in [1.82, 2.24) is 0 Å². The van der Waals surface area contributed by atoms with Gasteiger partial charge in [0.25, 0.3) is 0 Å². The molecule has 2 aliphatic rings. The lowest BCUT2D eigenvalue weighted by atomic mass is 9.66. The van der Waals surface area contributed by atoms with E-state index >= 15 is 0 Å². The maximum Gasteiger partial charge on any atom is 0.149 e. The van der Waals surface area contributed by atoms with Gasteiger partial charge in [-0.2, -0.15) is 0 Å². The molecule has 0 fully saturated rings. The first kappa shape index (κ1) is 47.8. The van der Waals surface area contributed by atoms with Crippen LogP contribution in [0.15, 0.2) is 243 Å². The summed E-state index contributed by atoms with van der Waals surface area (Å²) in [6.45, 7) is 9.15. The average Bonchev–Trinajstić information content (AvgIpc) is 4.06. The Morgan fingerprint density at radius 2 is 0.658 bits per heavy atom. The van der Waals surface area contributed by atoms with E-state index in [0.717, 1.165) is 33.0 Å². The summed E-state index contributed by atoms with van der Waals surface area (Å²) in [5.74, 6) is 13.6. The zero-order valence-electron chi connectivity index (χ0n) is 44.8. The Morgan fingerprint density at radius 3 is 1.08 bits per heavy atom. The summed E-state index contributed by atoms with van der Waals surface area (Å²) in [5, 5.41) is 9.53. The first-order valence-corrected chi connectivity index (χ1v) is 27.4. The minimum atomic E-state index is -0.587. The van der Waals surface area contributed by atoms with Gasteiger partial charge in [-0.05, 0) is 195 Å². The van der Waals surface area contributed by atoms with Gasteiger partial charge in [0.05, 0.1) is 10.8 Å². The summed E-state index contributed by atoms with van der Waals surface area (Å²) in [6.07, 6.45) is 0. The van der Waals surface area contributed by atoms with Crippen LogP contribution < -0.4 is 9.47 Å². The highest BCUT2D eigenvalue weighted by atomic mass is 16.5. The van der Waals surface area contributed by atoms with Gasteiger partial charge >= 0.3 is 0 Å². The molecule has 0 aliphatic heterocycles. The van der Waals surface area contributed by atoms with Crippen molar-refractivity contribution in [2.75, 3.05) is 13.2 Å². The monoisotopic (exact) mass is 1010 g/mol. The van der Waals surface area contributed by atoms with Crippen molar-refractivity contribution in [3.05, 3.63) is 298 Å².